The fourth-order valence-corrected chi connectivity index (χ4v) is 5.15. The number of piperidine rings is 1. The fraction of sp³-hybridized carbons (Fsp3) is 0.696. The molecule has 2 unspecified atom stereocenters. The van der Waals surface area contributed by atoms with Gasteiger partial charge >= 0.3 is 0 Å². The lowest BCUT2D eigenvalue weighted by Crippen LogP contribution is -2.50. The normalized spacial score (nSPS) is 27.0. The van der Waals surface area contributed by atoms with Crippen LogP contribution in [0.2, 0.25) is 0 Å². The summed E-state index contributed by atoms with van der Waals surface area (Å²) >= 11 is 0. The monoisotopic (exact) mass is 512 g/mol. The highest BCUT2D eigenvalue weighted by atomic mass is 127. The lowest BCUT2D eigenvalue weighted by molar-refractivity contribution is 0.0914. The van der Waals surface area contributed by atoms with E-state index >= 15 is 0 Å². The molecule has 2 heterocycles. The van der Waals surface area contributed by atoms with E-state index in [1.807, 2.05) is 7.05 Å². The van der Waals surface area contributed by atoms with Crippen LogP contribution in [-0.4, -0.2) is 56.2 Å². The number of ether oxygens (including phenoxy) is 1. The van der Waals surface area contributed by atoms with Gasteiger partial charge < -0.3 is 20.3 Å². The van der Waals surface area contributed by atoms with Gasteiger partial charge in [0, 0.05) is 51.3 Å². The summed E-state index contributed by atoms with van der Waals surface area (Å²) in [7, 11) is 1.88. The SMILES string of the molecule is CN=C(NCC1CCOC1c1ccccc1)NC1CCN(C2CCCC2)CC1.I. The summed E-state index contributed by atoms with van der Waals surface area (Å²) in [5.41, 5.74) is 1.29. The summed E-state index contributed by atoms with van der Waals surface area (Å²) in [5, 5.41) is 7.24. The Labute approximate surface area is 193 Å². The van der Waals surface area contributed by atoms with Gasteiger partial charge in [0.25, 0.3) is 0 Å². The third-order valence-corrected chi connectivity index (χ3v) is 6.81. The van der Waals surface area contributed by atoms with Crippen LogP contribution >= 0.6 is 24.0 Å². The molecule has 2 aliphatic heterocycles. The maximum Gasteiger partial charge on any atom is 0.191 e. The van der Waals surface area contributed by atoms with Crippen molar-refractivity contribution in [2.24, 2.45) is 10.9 Å². The van der Waals surface area contributed by atoms with Gasteiger partial charge in [-0.2, -0.15) is 0 Å². The first-order chi connectivity index (χ1) is 13.8. The summed E-state index contributed by atoms with van der Waals surface area (Å²) < 4.78 is 6.02. The summed E-state index contributed by atoms with van der Waals surface area (Å²) in [6.07, 6.45) is 9.40. The van der Waals surface area contributed by atoms with Crippen molar-refractivity contribution in [3.05, 3.63) is 35.9 Å². The van der Waals surface area contributed by atoms with Crippen LogP contribution < -0.4 is 10.6 Å². The number of nitrogens with one attached hydrogen (secondary N) is 2. The molecule has 0 spiro atoms. The Morgan fingerprint density at radius 2 is 1.79 bits per heavy atom. The predicted molar refractivity (Wildman–Crippen MR) is 130 cm³/mol. The molecule has 5 nitrogen and oxygen atoms in total. The van der Waals surface area contributed by atoms with Crippen molar-refractivity contribution in [3.63, 3.8) is 0 Å². The second-order valence-electron chi connectivity index (χ2n) is 8.60. The minimum Gasteiger partial charge on any atom is -0.373 e. The van der Waals surface area contributed by atoms with E-state index in [4.69, 9.17) is 4.74 Å². The van der Waals surface area contributed by atoms with Crippen LogP contribution in [-0.2, 0) is 4.74 Å². The van der Waals surface area contributed by atoms with E-state index in [0.717, 1.165) is 31.6 Å². The number of halogens is 1. The highest BCUT2D eigenvalue weighted by Gasteiger charge is 2.30. The van der Waals surface area contributed by atoms with Crippen molar-refractivity contribution in [2.75, 3.05) is 33.3 Å². The lowest BCUT2D eigenvalue weighted by atomic mass is 9.95. The van der Waals surface area contributed by atoms with E-state index in [-0.39, 0.29) is 30.1 Å². The smallest absolute Gasteiger partial charge is 0.191 e. The van der Waals surface area contributed by atoms with Crippen LogP contribution in [0.15, 0.2) is 35.3 Å². The number of nitrogens with zero attached hydrogens (tertiary/aromatic N) is 2. The summed E-state index contributed by atoms with van der Waals surface area (Å²) in [4.78, 5) is 7.20. The van der Waals surface area contributed by atoms with Gasteiger partial charge in [-0.3, -0.25) is 4.99 Å². The zero-order chi connectivity index (χ0) is 19.2. The van der Waals surface area contributed by atoms with Crippen molar-refractivity contribution in [1.82, 2.24) is 15.5 Å². The van der Waals surface area contributed by atoms with Crippen molar-refractivity contribution in [3.8, 4) is 0 Å². The average molecular weight is 512 g/mol. The molecule has 29 heavy (non-hydrogen) atoms. The van der Waals surface area contributed by atoms with Crippen molar-refractivity contribution >= 4 is 29.9 Å². The zero-order valence-electron chi connectivity index (χ0n) is 17.7. The van der Waals surface area contributed by atoms with E-state index < -0.39 is 0 Å². The second-order valence-corrected chi connectivity index (χ2v) is 8.60. The van der Waals surface area contributed by atoms with E-state index in [0.29, 0.717) is 12.0 Å². The molecule has 0 bridgehead atoms. The number of aliphatic imine (C=N–C) groups is 1. The third kappa shape index (κ3) is 6.07. The Balaban J connectivity index is 0.00000240. The Hall–Kier alpha value is -0.860. The molecule has 6 heteroatoms. The maximum atomic E-state index is 6.02. The quantitative estimate of drug-likeness (QED) is 0.357. The molecule has 2 N–H and O–H groups in total. The van der Waals surface area contributed by atoms with Gasteiger partial charge in [0.05, 0.1) is 6.10 Å². The average Bonchev–Trinajstić information content (AvgIpc) is 3.44. The summed E-state index contributed by atoms with van der Waals surface area (Å²) in [5.74, 6) is 1.43. The topological polar surface area (TPSA) is 48.9 Å². The summed E-state index contributed by atoms with van der Waals surface area (Å²) in [6, 6.07) is 12.0. The van der Waals surface area contributed by atoms with Crippen LogP contribution in [0, 0.1) is 5.92 Å². The molecule has 2 atom stereocenters. The lowest BCUT2D eigenvalue weighted by Gasteiger charge is -2.36. The highest BCUT2D eigenvalue weighted by molar-refractivity contribution is 14.0. The van der Waals surface area contributed by atoms with Crippen LogP contribution in [0.1, 0.15) is 56.6 Å². The Kier molecular flexibility index (Phi) is 9.06. The van der Waals surface area contributed by atoms with E-state index in [9.17, 15) is 0 Å². The van der Waals surface area contributed by atoms with Gasteiger partial charge in [-0.25, -0.2) is 0 Å². The molecule has 4 rings (SSSR count). The van der Waals surface area contributed by atoms with Gasteiger partial charge in [-0.15, -0.1) is 24.0 Å². The first kappa shape index (κ1) is 22.8. The molecule has 1 aromatic rings. The first-order valence-corrected chi connectivity index (χ1v) is 11.2. The molecule has 0 radical (unpaired) electrons. The van der Waals surface area contributed by atoms with Gasteiger partial charge in [0.15, 0.2) is 5.96 Å². The Morgan fingerprint density at radius 3 is 2.48 bits per heavy atom. The van der Waals surface area contributed by atoms with Crippen molar-refractivity contribution in [1.29, 1.82) is 0 Å². The molecule has 1 saturated carbocycles. The molecule has 1 aliphatic carbocycles. The molecule has 1 aromatic carbocycles. The standard InChI is InChI=1S/C23H36N4O.HI/c1-24-23(26-20-11-14-27(15-12-20)21-9-5-6-10-21)25-17-19-13-16-28-22(19)18-7-3-2-4-8-18;/h2-4,7-8,19-22H,5-6,9-17H2,1H3,(H2,24,25,26);1H. The summed E-state index contributed by atoms with van der Waals surface area (Å²) in [6.45, 7) is 4.20. The number of hydrogen-bond donors (Lipinski definition) is 2. The Morgan fingerprint density at radius 1 is 1.07 bits per heavy atom. The largest absolute Gasteiger partial charge is 0.373 e. The molecule has 0 amide bonds. The van der Waals surface area contributed by atoms with Crippen LogP contribution in [0.3, 0.4) is 0 Å². The number of guanidine groups is 1. The number of likely N-dealkylation sites (tertiary alicyclic amines) is 1. The molecule has 3 aliphatic rings. The second kappa shape index (κ2) is 11.5. The molecule has 3 fully saturated rings. The fourth-order valence-electron chi connectivity index (χ4n) is 5.15. The number of rotatable bonds is 5. The van der Waals surface area contributed by atoms with Crippen molar-refractivity contribution in [2.45, 2.75) is 63.1 Å². The van der Waals surface area contributed by atoms with Gasteiger partial charge in [0.1, 0.15) is 0 Å². The van der Waals surface area contributed by atoms with Crippen molar-refractivity contribution < 1.29 is 4.74 Å². The Bertz CT molecular complexity index is 627. The predicted octanol–water partition coefficient (Wildman–Crippen LogP) is 3.95. The van der Waals surface area contributed by atoms with Gasteiger partial charge in [-0.1, -0.05) is 43.2 Å². The molecular formula is C23H37IN4O. The third-order valence-electron chi connectivity index (χ3n) is 6.81. The molecule has 162 valence electrons. The minimum atomic E-state index is 0. The number of benzene rings is 1. The van der Waals surface area contributed by atoms with E-state index in [1.54, 1.807) is 0 Å². The highest BCUT2D eigenvalue weighted by Crippen LogP contribution is 2.33. The van der Waals surface area contributed by atoms with E-state index in [2.05, 4.69) is 50.9 Å². The maximum absolute atomic E-state index is 6.02. The number of hydrogen-bond acceptors (Lipinski definition) is 3. The van der Waals surface area contributed by atoms with E-state index in [1.165, 1.54) is 57.2 Å². The first-order valence-electron chi connectivity index (χ1n) is 11.2. The van der Waals surface area contributed by atoms with Crippen LogP contribution in [0.4, 0.5) is 0 Å². The molecule has 2 saturated heterocycles. The zero-order valence-corrected chi connectivity index (χ0v) is 20.0. The van der Waals surface area contributed by atoms with Crippen LogP contribution in [0.25, 0.3) is 0 Å². The molecular weight excluding hydrogens is 475 g/mol. The minimum absolute atomic E-state index is 0. The van der Waals surface area contributed by atoms with Gasteiger partial charge in [0.2, 0.25) is 0 Å². The van der Waals surface area contributed by atoms with Gasteiger partial charge in [-0.05, 0) is 37.7 Å². The van der Waals surface area contributed by atoms with Crippen LogP contribution in [0.5, 0.6) is 0 Å². The molecule has 0 aromatic heterocycles.